The number of hydrogen-bond acceptors (Lipinski definition) is 5. The van der Waals surface area contributed by atoms with Crippen molar-refractivity contribution in [1.82, 2.24) is 9.78 Å². The predicted octanol–water partition coefficient (Wildman–Crippen LogP) is 2.54. The first-order valence-electron chi connectivity index (χ1n) is 8.31. The summed E-state index contributed by atoms with van der Waals surface area (Å²) in [5, 5.41) is 8.62. The molecule has 0 spiro atoms. The maximum absolute atomic E-state index is 12.7. The lowest BCUT2D eigenvalue weighted by molar-refractivity contribution is -0.143. The Bertz CT molecular complexity index is 984. The number of nitrogens with two attached hydrogens (primary N) is 1. The van der Waals surface area contributed by atoms with Gasteiger partial charge in [0.25, 0.3) is 0 Å². The van der Waals surface area contributed by atoms with Crippen molar-refractivity contribution in [3.8, 4) is 16.9 Å². The third-order valence-electron chi connectivity index (χ3n) is 3.76. The number of ether oxygens (including phenoxy) is 1. The van der Waals surface area contributed by atoms with Crippen molar-refractivity contribution in [2.75, 3.05) is 6.61 Å². The highest BCUT2D eigenvalue weighted by Crippen LogP contribution is 2.28. The summed E-state index contributed by atoms with van der Waals surface area (Å²) in [5.41, 5.74) is -0.502. The van der Waals surface area contributed by atoms with Crippen molar-refractivity contribution in [2.24, 2.45) is 11.1 Å². The smallest absolute Gasteiger partial charge is 0.408 e. The summed E-state index contributed by atoms with van der Waals surface area (Å²) < 4.78 is 66.6. The molecule has 28 heavy (non-hydrogen) atoms. The standard InChI is InChI=1S/C17H20F3N3O4S/c1-11(2)7-8-27-15-14(9-22-23(16(15)24)10-17(18,19)20)12-3-5-13(6-4-12)28(21,25)26/h3-6,9,11H,7-8,10H2,1-2H3,(H2,21,25,26). The van der Waals surface area contributed by atoms with Crippen LogP contribution in [0.3, 0.4) is 0 Å². The number of benzene rings is 1. The van der Waals surface area contributed by atoms with Gasteiger partial charge in [-0.05, 0) is 30.0 Å². The van der Waals surface area contributed by atoms with Crippen LogP contribution in [0.25, 0.3) is 11.1 Å². The second-order valence-electron chi connectivity index (χ2n) is 6.57. The van der Waals surface area contributed by atoms with E-state index in [1.807, 2.05) is 13.8 Å². The van der Waals surface area contributed by atoms with Gasteiger partial charge in [0.05, 0.1) is 17.7 Å². The van der Waals surface area contributed by atoms with Gasteiger partial charge in [0.1, 0.15) is 6.54 Å². The molecular formula is C17H20F3N3O4S. The fourth-order valence-corrected chi connectivity index (χ4v) is 2.83. The van der Waals surface area contributed by atoms with Crippen molar-refractivity contribution >= 4 is 10.0 Å². The van der Waals surface area contributed by atoms with Gasteiger partial charge in [-0.3, -0.25) is 4.79 Å². The molecule has 0 aliphatic carbocycles. The van der Waals surface area contributed by atoms with Crippen molar-refractivity contribution in [3.05, 3.63) is 40.8 Å². The van der Waals surface area contributed by atoms with Gasteiger partial charge in [-0.25, -0.2) is 18.2 Å². The summed E-state index contributed by atoms with van der Waals surface area (Å²) in [5.74, 6) is -0.0139. The molecule has 0 bridgehead atoms. The van der Waals surface area contributed by atoms with Gasteiger partial charge in [-0.2, -0.15) is 18.3 Å². The normalized spacial score (nSPS) is 12.4. The van der Waals surface area contributed by atoms with Crippen LogP contribution in [-0.4, -0.2) is 31.0 Å². The number of hydrogen-bond donors (Lipinski definition) is 1. The Morgan fingerprint density at radius 3 is 2.32 bits per heavy atom. The summed E-state index contributed by atoms with van der Waals surface area (Å²) in [7, 11) is -3.91. The molecule has 0 atom stereocenters. The minimum absolute atomic E-state index is 0.130. The number of alkyl halides is 3. The van der Waals surface area contributed by atoms with Gasteiger partial charge in [0.2, 0.25) is 10.0 Å². The Morgan fingerprint density at radius 1 is 1.21 bits per heavy atom. The van der Waals surface area contributed by atoms with E-state index in [2.05, 4.69) is 5.10 Å². The van der Waals surface area contributed by atoms with Crippen LogP contribution in [0.15, 0.2) is 40.2 Å². The van der Waals surface area contributed by atoms with Crippen LogP contribution in [0.5, 0.6) is 5.75 Å². The maximum atomic E-state index is 12.7. The highest BCUT2D eigenvalue weighted by molar-refractivity contribution is 7.89. The molecule has 0 unspecified atom stereocenters. The highest BCUT2D eigenvalue weighted by atomic mass is 32.2. The van der Waals surface area contributed by atoms with E-state index in [9.17, 15) is 26.4 Å². The zero-order valence-electron chi connectivity index (χ0n) is 15.2. The molecule has 0 saturated heterocycles. The molecule has 0 radical (unpaired) electrons. The Labute approximate surface area is 160 Å². The van der Waals surface area contributed by atoms with Crippen LogP contribution in [0, 0.1) is 5.92 Å². The topological polar surface area (TPSA) is 104 Å². The Kier molecular flexibility index (Phi) is 6.50. The first-order chi connectivity index (χ1) is 12.9. The van der Waals surface area contributed by atoms with Gasteiger partial charge < -0.3 is 4.74 Å². The van der Waals surface area contributed by atoms with Crippen LogP contribution in [0.1, 0.15) is 20.3 Å². The second-order valence-corrected chi connectivity index (χ2v) is 8.13. The summed E-state index contributed by atoms with van der Waals surface area (Å²) in [4.78, 5) is 12.4. The van der Waals surface area contributed by atoms with E-state index in [1.54, 1.807) is 0 Å². The van der Waals surface area contributed by atoms with Gasteiger partial charge in [-0.15, -0.1) is 0 Å². The predicted molar refractivity (Wildman–Crippen MR) is 96.3 cm³/mol. The zero-order chi connectivity index (χ0) is 21.1. The average Bonchev–Trinajstić information content (AvgIpc) is 2.56. The Balaban J connectivity index is 2.49. The lowest BCUT2D eigenvalue weighted by Crippen LogP contribution is -2.31. The summed E-state index contributed by atoms with van der Waals surface area (Å²) in [6.45, 7) is 2.46. The quantitative estimate of drug-likeness (QED) is 0.743. The zero-order valence-corrected chi connectivity index (χ0v) is 16.0. The average molecular weight is 419 g/mol. The minimum Gasteiger partial charge on any atom is -0.487 e. The van der Waals surface area contributed by atoms with Crippen molar-refractivity contribution in [1.29, 1.82) is 0 Å². The monoisotopic (exact) mass is 419 g/mol. The van der Waals surface area contributed by atoms with Gasteiger partial charge in [-0.1, -0.05) is 26.0 Å². The van der Waals surface area contributed by atoms with Crippen molar-refractivity contribution in [3.63, 3.8) is 0 Å². The van der Waals surface area contributed by atoms with E-state index in [0.717, 1.165) is 6.20 Å². The van der Waals surface area contributed by atoms with Crippen LogP contribution in [0.4, 0.5) is 13.2 Å². The highest BCUT2D eigenvalue weighted by Gasteiger charge is 2.30. The molecule has 11 heteroatoms. The van der Waals surface area contributed by atoms with Crippen LogP contribution < -0.4 is 15.4 Å². The molecule has 0 aliphatic rings. The SMILES string of the molecule is CC(C)CCOc1c(-c2ccc(S(N)(=O)=O)cc2)cnn(CC(F)(F)F)c1=O. The summed E-state index contributed by atoms with van der Waals surface area (Å²) in [6.07, 6.45) is -2.95. The molecule has 1 aromatic carbocycles. The molecule has 1 aromatic heterocycles. The van der Waals surface area contributed by atoms with E-state index in [-0.39, 0.29) is 33.4 Å². The number of nitrogens with zero attached hydrogens (tertiary/aromatic N) is 2. The van der Waals surface area contributed by atoms with Gasteiger partial charge in [0.15, 0.2) is 5.75 Å². The van der Waals surface area contributed by atoms with Crippen LogP contribution in [-0.2, 0) is 16.6 Å². The Morgan fingerprint density at radius 2 is 1.82 bits per heavy atom. The second kappa shape index (κ2) is 8.31. The third-order valence-corrected chi connectivity index (χ3v) is 4.69. The lowest BCUT2D eigenvalue weighted by atomic mass is 10.1. The number of halogens is 3. The van der Waals surface area contributed by atoms with Gasteiger partial charge >= 0.3 is 11.7 Å². The first-order valence-corrected chi connectivity index (χ1v) is 9.86. The molecule has 154 valence electrons. The summed E-state index contributed by atoms with van der Waals surface area (Å²) >= 11 is 0. The van der Waals surface area contributed by atoms with Crippen LogP contribution >= 0.6 is 0 Å². The molecule has 0 saturated carbocycles. The minimum atomic E-state index is -4.62. The van der Waals surface area contributed by atoms with E-state index in [0.29, 0.717) is 12.0 Å². The molecule has 0 aliphatic heterocycles. The molecule has 2 aromatic rings. The van der Waals surface area contributed by atoms with E-state index < -0.39 is 28.3 Å². The summed E-state index contributed by atoms with van der Waals surface area (Å²) in [6, 6.07) is 5.20. The third kappa shape index (κ3) is 5.80. The van der Waals surface area contributed by atoms with Gasteiger partial charge in [0, 0.05) is 5.56 Å². The molecule has 0 fully saturated rings. The maximum Gasteiger partial charge on any atom is 0.408 e. The fraction of sp³-hybridized carbons (Fsp3) is 0.412. The molecule has 7 nitrogen and oxygen atoms in total. The fourth-order valence-electron chi connectivity index (χ4n) is 2.32. The Hall–Kier alpha value is -2.40. The molecule has 2 N–H and O–H groups in total. The lowest BCUT2D eigenvalue weighted by Gasteiger charge is -2.15. The van der Waals surface area contributed by atoms with Crippen molar-refractivity contribution in [2.45, 2.75) is 37.9 Å². The number of aromatic nitrogens is 2. The molecule has 0 amide bonds. The molecular weight excluding hydrogens is 399 g/mol. The molecule has 2 rings (SSSR count). The largest absolute Gasteiger partial charge is 0.487 e. The molecule has 1 heterocycles. The number of rotatable bonds is 7. The van der Waals surface area contributed by atoms with Crippen molar-refractivity contribution < 1.29 is 26.3 Å². The van der Waals surface area contributed by atoms with E-state index in [4.69, 9.17) is 9.88 Å². The number of primary sulfonamides is 1. The van der Waals surface area contributed by atoms with Crippen LogP contribution in [0.2, 0.25) is 0 Å². The first kappa shape index (κ1) is 21.9. The number of sulfonamides is 1. The van der Waals surface area contributed by atoms with E-state index in [1.165, 1.54) is 24.3 Å². The van der Waals surface area contributed by atoms with E-state index >= 15 is 0 Å².